The third-order valence-corrected chi connectivity index (χ3v) is 2.18. The predicted octanol–water partition coefficient (Wildman–Crippen LogP) is 3.16. The molecule has 2 N–H and O–H groups in total. The maximum absolute atomic E-state index is 12.4. The van der Waals surface area contributed by atoms with Gasteiger partial charge in [0.05, 0.1) is 5.56 Å². The Morgan fingerprint density at radius 1 is 1.29 bits per heavy atom. The summed E-state index contributed by atoms with van der Waals surface area (Å²) in [5.41, 5.74) is 6.51. The quantitative estimate of drug-likeness (QED) is 0.697. The Morgan fingerprint density at radius 2 is 1.86 bits per heavy atom. The Hall–Kier alpha value is -1.19. The number of nitrogens with two attached hydrogens (primary N) is 1. The Morgan fingerprint density at radius 3 is 2.29 bits per heavy atom. The Kier molecular flexibility index (Phi) is 2.73. The number of hydrogen-bond acceptors (Lipinski definition) is 1. The van der Waals surface area contributed by atoms with E-state index in [4.69, 9.17) is 5.73 Å². The lowest BCUT2D eigenvalue weighted by molar-refractivity contribution is -0.137. The van der Waals surface area contributed by atoms with E-state index in [0.717, 1.165) is 12.1 Å². The molecule has 1 aromatic rings. The highest BCUT2D eigenvalue weighted by Gasteiger charge is 2.31. The summed E-state index contributed by atoms with van der Waals surface area (Å²) >= 11 is 0. The van der Waals surface area contributed by atoms with E-state index in [2.05, 4.69) is 0 Å². The number of hydrogen-bond donors (Lipinski definition) is 1. The highest BCUT2D eigenvalue weighted by molar-refractivity contribution is 5.55. The van der Waals surface area contributed by atoms with Crippen LogP contribution < -0.4 is 5.73 Å². The van der Waals surface area contributed by atoms with Crippen molar-refractivity contribution < 1.29 is 13.2 Å². The summed E-state index contributed by atoms with van der Waals surface area (Å²) in [6, 6.07) is 2.19. The number of nitrogen functional groups attached to an aromatic ring is 1. The number of aryl methyl sites for hydroxylation is 2. The molecule has 0 amide bonds. The lowest BCUT2D eigenvalue weighted by atomic mass is 10.0. The first-order valence-corrected chi connectivity index (χ1v) is 4.32. The number of rotatable bonds is 1. The zero-order valence-electron chi connectivity index (χ0n) is 8.07. The van der Waals surface area contributed by atoms with Crippen LogP contribution in [-0.4, -0.2) is 0 Å². The summed E-state index contributed by atoms with van der Waals surface area (Å²) in [6.45, 7) is 3.37. The van der Waals surface area contributed by atoms with Crippen molar-refractivity contribution in [3.63, 3.8) is 0 Å². The second-order valence-corrected chi connectivity index (χ2v) is 3.22. The lowest BCUT2D eigenvalue weighted by Gasteiger charge is -2.12. The van der Waals surface area contributed by atoms with Crippen LogP contribution in [0, 0.1) is 6.92 Å². The first-order chi connectivity index (χ1) is 6.36. The molecule has 0 aliphatic rings. The second-order valence-electron chi connectivity index (χ2n) is 3.22. The van der Waals surface area contributed by atoms with E-state index in [1.807, 2.05) is 0 Å². The molecular weight excluding hydrogens is 191 g/mol. The van der Waals surface area contributed by atoms with Crippen LogP contribution in [0.25, 0.3) is 0 Å². The molecule has 78 valence electrons. The monoisotopic (exact) mass is 203 g/mol. The molecule has 0 aromatic heterocycles. The Bertz CT molecular complexity index is 342. The molecule has 1 nitrogen and oxygen atoms in total. The molecule has 0 aliphatic carbocycles. The minimum Gasteiger partial charge on any atom is -0.398 e. The third-order valence-electron chi connectivity index (χ3n) is 2.18. The molecule has 0 unspecified atom stereocenters. The Balaban J connectivity index is 3.30. The minimum atomic E-state index is -4.29. The molecule has 0 fully saturated rings. The summed E-state index contributed by atoms with van der Waals surface area (Å²) < 4.78 is 37.1. The van der Waals surface area contributed by atoms with Crippen molar-refractivity contribution in [2.75, 3.05) is 5.73 Å². The summed E-state index contributed by atoms with van der Waals surface area (Å²) in [4.78, 5) is 0. The number of alkyl halides is 3. The molecule has 1 rings (SSSR count). The molecular formula is C10H12F3N. The average Bonchev–Trinajstić information content (AvgIpc) is 2.07. The summed E-state index contributed by atoms with van der Waals surface area (Å²) in [7, 11) is 0. The fraction of sp³-hybridized carbons (Fsp3) is 0.400. The smallest absolute Gasteiger partial charge is 0.398 e. The van der Waals surface area contributed by atoms with Crippen LogP contribution in [0.2, 0.25) is 0 Å². The molecule has 0 spiro atoms. The van der Waals surface area contributed by atoms with E-state index in [1.54, 1.807) is 13.8 Å². The molecule has 1 aromatic carbocycles. The summed E-state index contributed by atoms with van der Waals surface area (Å²) in [6.07, 6.45) is -3.78. The van der Waals surface area contributed by atoms with Crippen LogP contribution >= 0.6 is 0 Å². The molecule has 14 heavy (non-hydrogen) atoms. The maximum Gasteiger partial charge on any atom is 0.416 e. The van der Waals surface area contributed by atoms with Gasteiger partial charge in [0.1, 0.15) is 0 Å². The van der Waals surface area contributed by atoms with Crippen molar-refractivity contribution in [2.24, 2.45) is 0 Å². The largest absolute Gasteiger partial charge is 0.416 e. The molecule has 0 heterocycles. The maximum atomic E-state index is 12.4. The van der Waals surface area contributed by atoms with Gasteiger partial charge in [-0.3, -0.25) is 0 Å². The van der Waals surface area contributed by atoms with Gasteiger partial charge < -0.3 is 5.73 Å². The van der Waals surface area contributed by atoms with Gasteiger partial charge in [-0.25, -0.2) is 0 Å². The van der Waals surface area contributed by atoms with E-state index >= 15 is 0 Å². The van der Waals surface area contributed by atoms with Gasteiger partial charge in [-0.05, 0) is 36.6 Å². The van der Waals surface area contributed by atoms with Gasteiger partial charge in [0.15, 0.2) is 0 Å². The average molecular weight is 203 g/mol. The van der Waals surface area contributed by atoms with Crippen molar-refractivity contribution in [1.29, 1.82) is 0 Å². The van der Waals surface area contributed by atoms with E-state index in [-0.39, 0.29) is 0 Å². The van der Waals surface area contributed by atoms with Crippen LogP contribution in [0.4, 0.5) is 18.9 Å². The van der Waals surface area contributed by atoms with Crippen molar-refractivity contribution in [2.45, 2.75) is 26.4 Å². The number of benzene rings is 1. The molecule has 0 radical (unpaired) electrons. The second kappa shape index (κ2) is 3.52. The van der Waals surface area contributed by atoms with Crippen molar-refractivity contribution in [3.8, 4) is 0 Å². The summed E-state index contributed by atoms with van der Waals surface area (Å²) in [5.74, 6) is 0. The molecule has 0 aliphatic heterocycles. The van der Waals surface area contributed by atoms with Gasteiger partial charge in [0.2, 0.25) is 0 Å². The molecule has 0 saturated carbocycles. The van der Waals surface area contributed by atoms with Gasteiger partial charge >= 0.3 is 6.18 Å². The SMILES string of the molecule is CCc1cc(C(F)(F)F)cc(C)c1N. The lowest BCUT2D eigenvalue weighted by Crippen LogP contribution is -2.08. The van der Waals surface area contributed by atoms with Crippen LogP contribution in [0.3, 0.4) is 0 Å². The predicted molar refractivity (Wildman–Crippen MR) is 50.0 cm³/mol. The van der Waals surface area contributed by atoms with Gasteiger partial charge in [0.25, 0.3) is 0 Å². The van der Waals surface area contributed by atoms with Gasteiger partial charge in [-0.1, -0.05) is 6.92 Å². The standard InChI is InChI=1S/C10H12F3N/c1-3-7-5-8(10(11,12)13)4-6(2)9(7)14/h4-5H,3,14H2,1-2H3. The van der Waals surface area contributed by atoms with Gasteiger partial charge in [0, 0.05) is 5.69 Å². The van der Waals surface area contributed by atoms with Crippen LogP contribution in [-0.2, 0) is 12.6 Å². The summed E-state index contributed by atoms with van der Waals surface area (Å²) in [5, 5.41) is 0. The van der Waals surface area contributed by atoms with Crippen LogP contribution in [0.1, 0.15) is 23.6 Å². The highest BCUT2D eigenvalue weighted by Crippen LogP contribution is 2.32. The van der Waals surface area contributed by atoms with Crippen molar-refractivity contribution in [3.05, 3.63) is 28.8 Å². The van der Waals surface area contributed by atoms with Crippen LogP contribution in [0.15, 0.2) is 12.1 Å². The normalized spacial score (nSPS) is 11.8. The highest BCUT2D eigenvalue weighted by atomic mass is 19.4. The number of halogens is 3. The zero-order valence-corrected chi connectivity index (χ0v) is 8.07. The molecule has 0 bridgehead atoms. The van der Waals surface area contributed by atoms with Crippen molar-refractivity contribution in [1.82, 2.24) is 0 Å². The first kappa shape index (κ1) is 10.9. The third kappa shape index (κ3) is 2.00. The molecule has 4 heteroatoms. The topological polar surface area (TPSA) is 26.0 Å². The van der Waals surface area contributed by atoms with Crippen LogP contribution in [0.5, 0.6) is 0 Å². The Labute approximate surface area is 80.7 Å². The zero-order chi connectivity index (χ0) is 10.9. The van der Waals surface area contributed by atoms with Crippen molar-refractivity contribution >= 4 is 5.69 Å². The van der Waals surface area contributed by atoms with Gasteiger partial charge in [-0.15, -0.1) is 0 Å². The van der Waals surface area contributed by atoms with E-state index in [9.17, 15) is 13.2 Å². The van der Waals surface area contributed by atoms with E-state index in [1.165, 1.54) is 0 Å². The fourth-order valence-corrected chi connectivity index (χ4v) is 1.33. The van der Waals surface area contributed by atoms with Gasteiger partial charge in [-0.2, -0.15) is 13.2 Å². The fourth-order valence-electron chi connectivity index (χ4n) is 1.33. The minimum absolute atomic E-state index is 0.459. The molecule has 0 saturated heterocycles. The number of anilines is 1. The molecule has 0 atom stereocenters. The van der Waals surface area contributed by atoms with E-state index < -0.39 is 11.7 Å². The first-order valence-electron chi connectivity index (χ1n) is 4.32. The van der Waals surface area contributed by atoms with E-state index in [0.29, 0.717) is 23.2 Å².